The summed E-state index contributed by atoms with van der Waals surface area (Å²) >= 11 is 0. The molecule has 1 heterocycles. The Bertz CT molecular complexity index is 820. The molecule has 0 spiro atoms. The van der Waals surface area contributed by atoms with Crippen molar-refractivity contribution in [3.05, 3.63) is 51.7 Å². The van der Waals surface area contributed by atoms with Crippen molar-refractivity contribution in [2.75, 3.05) is 13.2 Å². The maximum Gasteiger partial charge on any atom is 0.419 e. The van der Waals surface area contributed by atoms with Crippen molar-refractivity contribution in [2.24, 2.45) is 0 Å². The highest BCUT2D eigenvalue weighted by molar-refractivity contribution is 6.01. The van der Waals surface area contributed by atoms with E-state index in [9.17, 15) is 24.5 Å². The van der Waals surface area contributed by atoms with E-state index >= 15 is 0 Å². The number of hydrogen-bond acceptors (Lipinski definition) is 7. The summed E-state index contributed by atoms with van der Waals surface area (Å²) in [6.07, 6.45) is 0.133. The van der Waals surface area contributed by atoms with Crippen LogP contribution in [0.5, 0.6) is 0 Å². The van der Waals surface area contributed by atoms with Crippen molar-refractivity contribution in [3.63, 3.8) is 0 Å². The maximum absolute atomic E-state index is 12.5. The molecule has 1 aliphatic rings. The Morgan fingerprint density at radius 2 is 1.93 bits per heavy atom. The zero-order valence-corrected chi connectivity index (χ0v) is 15.1. The van der Waals surface area contributed by atoms with Gasteiger partial charge in [-0.1, -0.05) is 12.1 Å². The second-order valence-electron chi connectivity index (χ2n) is 5.64. The lowest BCUT2D eigenvalue weighted by molar-refractivity contribution is -0.385. The van der Waals surface area contributed by atoms with E-state index in [0.29, 0.717) is 4.90 Å². The third-order valence-electron chi connectivity index (χ3n) is 4.08. The van der Waals surface area contributed by atoms with Gasteiger partial charge in [-0.3, -0.25) is 10.1 Å². The maximum atomic E-state index is 12.5. The summed E-state index contributed by atoms with van der Waals surface area (Å²) < 4.78 is 9.98. The van der Waals surface area contributed by atoms with Gasteiger partial charge in [-0.05, 0) is 26.3 Å². The molecule has 0 aromatic heterocycles. The third kappa shape index (κ3) is 3.59. The minimum atomic E-state index is -1.67. The second kappa shape index (κ2) is 7.85. The molecule has 10 nitrogen and oxygen atoms in total. The van der Waals surface area contributed by atoms with Gasteiger partial charge in [-0.25, -0.2) is 19.3 Å². The molecule has 1 aromatic rings. The van der Waals surface area contributed by atoms with Gasteiger partial charge in [-0.15, -0.1) is 0 Å². The number of carbonyl (C=O) groups excluding carboxylic acids is 3. The van der Waals surface area contributed by atoms with Crippen LogP contribution in [0.15, 0.2) is 36.0 Å². The van der Waals surface area contributed by atoms with Crippen LogP contribution in [0.4, 0.5) is 15.3 Å². The first kappa shape index (κ1) is 19.9. The summed E-state index contributed by atoms with van der Waals surface area (Å²) in [5, 5.41) is 13.5. The number of esters is 1. The number of amides is 3. The van der Waals surface area contributed by atoms with Crippen molar-refractivity contribution in [1.82, 2.24) is 10.2 Å². The van der Waals surface area contributed by atoms with E-state index in [4.69, 9.17) is 9.47 Å². The first-order valence-corrected chi connectivity index (χ1v) is 8.17. The zero-order valence-electron chi connectivity index (χ0n) is 15.1. The van der Waals surface area contributed by atoms with Crippen LogP contribution in [0, 0.1) is 10.1 Å². The number of carbonyl (C=O) groups is 3. The highest BCUT2D eigenvalue weighted by Gasteiger charge is 2.51. The number of nitro benzene ring substituents is 1. The summed E-state index contributed by atoms with van der Waals surface area (Å²) in [5.74, 6) is -0.777. The van der Waals surface area contributed by atoms with Gasteiger partial charge in [0, 0.05) is 18.3 Å². The summed E-state index contributed by atoms with van der Waals surface area (Å²) in [7, 11) is 0. The molecule has 2 rings (SSSR count). The van der Waals surface area contributed by atoms with Gasteiger partial charge in [0.05, 0.1) is 23.7 Å². The number of nitrogens with one attached hydrogen (secondary N) is 1. The van der Waals surface area contributed by atoms with Gasteiger partial charge in [0.15, 0.2) is 0 Å². The van der Waals surface area contributed by atoms with Crippen LogP contribution in [0.1, 0.15) is 26.3 Å². The molecule has 10 heteroatoms. The van der Waals surface area contributed by atoms with Crippen LogP contribution in [-0.2, 0) is 19.8 Å². The molecule has 0 fully saturated rings. The SMILES string of the molecule is CCOC(=O)C1=CNC(=O)N(C(=O)OCC)C1(C)c1cccc([N+](=O)[O-])c1. The fourth-order valence-electron chi connectivity index (χ4n) is 2.79. The molecule has 1 aliphatic heterocycles. The van der Waals surface area contributed by atoms with Gasteiger partial charge in [0.25, 0.3) is 5.69 Å². The van der Waals surface area contributed by atoms with Crippen LogP contribution in [0.3, 0.4) is 0 Å². The number of rotatable bonds is 5. The summed E-state index contributed by atoms with van der Waals surface area (Å²) in [6, 6.07) is 4.49. The Hall–Kier alpha value is -3.43. The predicted molar refractivity (Wildman–Crippen MR) is 92.6 cm³/mol. The van der Waals surface area contributed by atoms with E-state index in [0.717, 1.165) is 6.20 Å². The Morgan fingerprint density at radius 1 is 1.26 bits per heavy atom. The molecular formula is C17H19N3O7. The van der Waals surface area contributed by atoms with Crippen molar-refractivity contribution >= 4 is 23.8 Å². The van der Waals surface area contributed by atoms with Gasteiger partial charge in [-0.2, -0.15) is 0 Å². The number of hydrogen-bond donors (Lipinski definition) is 1. The fraction of sp³-hybridized carbons (Fsp3) is 0.353. The lowest BCUT2D eigenvalue weighted by Gasteiger charge is -2.42. The summed E-state index contributed by atoms with van der Waals surface area (Å²) in [5.41, 5.74) is -1.82. The predicted octanol–water partition coefficient (Wildman–Crippen LogP) is 2.44. The minimum Gasteiger partial charge on any atom is -0.463 e. The average molecular weight is 377 g/mol. The average Bonchev–Trinajstić information content (AvgIpc) is 2.62. The lowest BCUT2D eigenvalue weighted by atomic mass is 9.82. The van der Waals surface area contributed by atoms with Crippen molar-refractivity contribution in [1.29, 1.82) is 0 Å². The van der Waals surface area contributed by atoms with Gasteiger partial charge >= 0.3 is 18.1 Å². The monoisotopic (exact) mass is 377 g/mol. The number of ether oxygens (including phenoxy) is 2. The van der Waals surface area contributed by atoms with Crippen LogP contribution >= 0.6 is 0 Å². The summed E-state index contributed by atoms with van der Waals surface area (Å²) in [6.45, 7) is 4.64. The van der Waals surface area contributed by atoms with Crippen LogP contribution < -0.4 is 5.32 Å². The number of urea groups is 1. The van der Waals surface area contributed by atoms with Gasteiger partial charge in [0.1, 0.15) is 5.54 Å². The topological polar surface area (TPSA) is 128 Å². The molecule has 0 saturated heterocycles. The van der Waals surface area contributed by atoms with E-state index in [1.54, 1.807) is 13.8 Å². The van der Waals surface area contributed by atoms with E-state index < -0.39 is 28.6 Å². The third-order valence-corrected chi connectivity index (χ3v) is 4.08. The first-order chi connectivity index (χ1) is 12.8. The van der Waals surface area contributed by atoms with Crippen molar-refractivity contribution < 1.29 is 28.8 Å². The minimum absolute atomic E-state index is 0.00785. The standard InChI is InChI=1S/C17H19N3O7/c1-4-26-14(21)13-10-18-15(22)19(16(23)27-5-2)17(13,3)11-7-6-8-12(9-11)20(24)25/h6-10H,4-5H2,1-3H3,(H,18,22). The number of nitrogens with zero attached hydrogens (tertiary/aromatic N) is 2. The molecule has 0 aliphatic carbocycles. The molecule has 144 valence electrons. The molecule has 27 heavy (non-hydrogen) atoms. The highest BCUT2D eigenvalue weighted by Crippen LogP contribution is 2.40. The lowest BCUT2D eigenvalue weighted by Crippen LogP contribution is -2.59. The molecule has 0 radical (unpaired) electrons. The normalized spacial score (nSPS) is 19.0. The van der Waals surface area contributed by atoms with Crippen LogP contribution in [0.25, 0.3) is 0 Å². The second-order valence-corrected chi connectivity index (χ2v) is 5.64. The highest BCUT2D eigenvalue weighted by atomic mass is 16.6. The summed E-state index contributed by atoms with van der Waals surface area (Å²) in [4.78, 5) is 48.6. The Labute approximate surface area is 154 Å². The molecule has 1 unspecified atom stereocenters. The van der Waals surface area contributed by atoms with Gasteiger partial charge in [0.2, 0.25) is 0 Å². The molecule has 1 aromatic carbocycles. The first-order valence-electron chi connectivity index (χ1n) is 8.17. The zero-order chi connectivity index (χ0) is 20.2. The molecule has 3 amide bonds. The van der Waals surface area contributed by atoms with Gasteiger partial charge < -0.3 is 14.8 Å². The van der Waals surface area contributed by atoms with Crippen LogP contribution in [-0.4, -0.2) is 41.1 Å². The molecule has 0 saturated carbocycles. The quantitative estimate of drug-likeness (QED) is 0.474. The van der Waals surface area contributed by atoms with E-state index in [2.05, 4.69) is 5.32 Å². The van der Waals surface area contributed by atoms with Crippen molar-refractivity contribution in [3.8, 4) is 0 Å². The smallest absolute Gasteiger partial charge is 0.419 e. The Balaban J connectivity index is 2.70. The number of imide groups is 1. The largest absolute Gasteiger partial charge is 0.463 e. The number of non-ortho nitro benzene ring substituents is 1. The van der Waals surface area contributed by atoms with E-state index in [-0.39, 0.29) is 30.0 Å². The fourth-order valence-corrected chi connectivity index (χ4v) is 2.79. The number of nitro groups is 1. The van der Waals surface area contributed by atoms with Crippen molar-refractivity contribution in [2.45, 2.75) is 26.3 Å². The van der Waals surface area contributed by atoms with Crippen LogP contribution in [0.2, 0.25) is 0 Å². The Morgan fingerprint density at radius 3 is 2.52 bits per heavy atom. The Kier molecular flexibility index (Phi) is 5.78. The molecule has 1 atom stereocenters. The molecular weight excluding hydrogens is 358 g/mol. The molecule has 0 bridgehead atoms. The van der Waals surface area contributed by atoms with E-state index in [1.165, 1.54) is 31.2 Å². The number of benzene rings is 1. The van der Waals surface area contributed by atoms with E-state index in [1.807, 2.05) is 0 Å². The molecule has 1 N–H and O–H groups in total.